The maximum absolute atomic E-state index is 13.9. The van der Waals surface area contributed by atoms with Crippen LogP contribution in [0, 0.1) is 0 Å². The predicted octanol–water partition coefficient (Wildman–Crippen LogP) is 6.72. The number of Topliss-reactive ketones (excluding diaryl/α,β-unsaturated/α-hetero) is 1. The van der Waals surface area contributed by atoms with E-state index in [0.717, 1.165) is 33.9 Å². The van der Waals surface area contributed by atoms with Gasteiger partial charge >= 0.3 is 0 Å². The number of nitrogens with one attached hydrogen (secondary N) is 1. The van der Waals surface area contributed by atoms with Crippen molar-refractivity contribution in [3.05, 3.63) is 100 Å². The fourth-order valence-corrected chi connectivity index (χ4v) is 5.40. The number of hydrogen-bond acceptors (Lipinski definition) is 4. The van der Waals surface area contributed by atoms with E-state index in [9.17, 15) is 9.59 Å². The summed E-state index contributed by atoms with van der Waals surface area (Å²) in [5, 5.41) is 4.25. The molecule has 3 aromatic rings. The number of para-hydroxylation sites is 2. The van der Waals surface area contributed by atoms with E-state index in [1.807, 2.05) is 104 Å². The maximum Gasteiger partial charge on any atom is 0.227 e. The minimum atomic E-state index is -0.501. The molecule has 2 unspecified atom stereocenters. The van der Waals surface area contributed by atoms with Gasteiger partial charge < -0.3 is 10.2 Å². The zero-order valence-corrected chi connectivity index (χ0v) is 21.5. The largest absolute Gasteiger partial charge is 0.378 e. The highest BCUT2D eigenvalue weighted by molar-refractivity contribution is 6.30. The molecule has 1 aliphatic carbocycles. The molecule has 1 aliphatic heterocycles. The Morgan fingerprint density at radius 3 is 2.31 bits per heavy atom. The van der Waals surface area contributed by atoms with E-state index in [1.165, 1.54) is 0 Å². The smallest absolute Gasteiger partial charge is 0.227 e. The molecule has 0 bridgehead atoms. The second-order valence-electron chi connectivity index (χ2n) is 9.62. The van der Waals surface area contributed by atoms with Gasteiger partial charge in [0.1, 0.15) is 0 Å². The Morgan fingerprint density at radius 1 is 0.972 bits per heavy atom. The van der Waals surface area contributed by atoms with Crippen LogP contribution in [0.4, 0.5) is 17.1 Å². The molecule has 0 radical (unpaired) electrons. The fourth-order valence-electron chi connectivity index (χ4n) is 5.28. The van der Waals surface area contributed by atoms with Gasteiger partial charge in [-0.15, -0.1) is 0 Å². The number of amides is 1. The van der Waals surface area contributed by atoms with Crippen LogP contribution in [0.15, 0.2) is 84.1 Å². The Hall–Kier alpha value is -3.57. The fraction of sp³-hybridized carbons (Fsp3) is 0.267. The van der Waals surface area contributed by atoms with Crippen molar-refractivity contribution in [3.8, 4) is 0 Å². The second-order valence-corrected chi connectivity index (χ2v) is 10.1. The summed E-state index contributed by atoms with van der Waals surface area (Å²) in [5.74, 6) is 0.0813. The van der Waals surface area contributed by atoms with Gasteiger partial charge in [-0.1, -0.05) is 54.9 Å². The van der Waals surface area contributed by atoms with Crippen LogP contribution < -0.4 is 15.1 Å². The van der Waals surface area contributed by atoms with Crippen LogP contribution in [-0.4, -0.2) is 25.8 Å². The van der Waals surface area contributed by atoms with Gasteiger partial charge in [0.15, 0.2) is 5.78 Å². The highest BCUT2D eigenvalue weighted by Crippen LogP contribution is 2.47. The average Bonchev–Trinajstić information content (AvgIpc) is 3.03. The summed E-state index contributed by atoms with van der Waals surface area (Å²) < 4.78 is 0. The molecule has 1 heterocycles. The second kappa shape index (κ2) is 9.82. The molecule has 184 valence electrons. The van der Waals surface area contributed by atoms with E-state index in [1.54, 1.807) is 0 Å². The topological polar surface area (TPSA) is 52.7 Å². The number of nitrogens with zero attached hydrogens (tertiary/aromatic N) is 2. The van der Waals surface area contributed by atoms with Gasteiger partial charge in [0, 0.05) is 48.9 Å². The van der Waals surface area contributed by atoms with Crippen molar-refractivity contribution in [2.75, 3.05) is 29.2 Å². The zero-order valence-electron chi connectivity index (χ0n) is 20.8. The monoisotopic (exact) mass is 499 g/mol. The number of carbonyl (C=O) groups is 2. The summed E-state index contributed by atoms with van der Waals surface area (Å²) in [5.41, 5.74) is 6.26. The molecule has 2 aliphatic rings. The summed E-state index contributed by atoms with van der Waals surface area (Å²) in [6.45, 7) is 1.87. The summed E-state index contributed by atoms with van der Waals surface area (Å²) in [4.78, 5) is 31.3. The summed E-state index contributed by atoms with van der Waals surface area (Å²) >= 11 is 6.12. The lowest BCUT2D eigenvalue weighted by atomic mass is 9.78. The molecule has 1 N–H and O–H groups in total. The van der Waals surface area contributed by atoms with Gasteiger partial charge in [0.25, 0.3) is 0 Å². The molecule has 6 heteroatoms. The van der Waals surface area contributed by atoms with Crippen LogP contribution in [0.1, 0.15) is 49.3 Å². The van der Waals surface area contributed by atoms with Crippen molar-refractivity contribution in [3.63, 3.8) is 0 Å². The van der Waals surface area contributed by atoms with E-state index in [0.29, 0.717) is 29.9 Å². The van der Waals surface area contributed by atoms with E-state index in [2.05, 4.69) is 5.32 Å². The first-order chi connectivity index (χ1) is 17.4. The van der Waals surface area contributed by atoms with E-state index in [4.69, 9.17) is 11.6 Å². The molecule has 0 aromatic heterocycles. The highest BCUT2D eigenvalue weighted by atomic mass is 35.5. The highest BCUT2D eigenvalue weighted by Gasteiger charge is 2.41. The number of rotatable bonds is 4. The van der Waals surface area contributed by atoms with Crippen LogP contribution in [0.25, 0.3) is 0 Å². The maximum atomic E-state index is 13.9. The van der Waals surface area contributed by atoms with Gasteiger partial charge in [0.2, 0.25) is 5.91 Å². The lowest BCUT2D eigenvalue weighted by molar-refractivity contribution is -0.119. The minimum absolute atomic E-state index is 0.0210. The van der Waals surface area contributed by atoms with Crippen LogP contribution in [0.3, 0.4) is 0 Å². The van der Waals surface area contributed by atoms with Crippen LogP contribution in [-0.2, 0) is 9.59 Å². The Kier molecular flexibility index (Phi) is 6.59. The van der Waals surface area contributed by atoms with Gasteiger partial charge in [0.05, 0.1) is 17.4 Å². The van der Waals surface area contributed by atoms with Crippen LogP contribution in [0.2, 0.25) is 5.02 Å². The average molecular weight is 500 g/mol. The lowest BCUT2D eigenvalue weighted by Gasteiger charge is -2.35. The minimum Gasteiger partial charge on any atom is -0.378 e. The molecule has 0 fully saturated rings. The third-order valence-electron chi connectivity index (χ3n) is 7.13. The standard InChI is InChI=1S/C30H30ClN3O2/c1-4-28(36)34-26-8-6-5-7-24(26)32-25-17-21(19-9-13-22(31)14-10-19)18-27(35)29(25)30(34)20-11-15-23(16-12-20)33(2)3/h5-16,21,30,32H,4,17-18H2,1-3H3. The third-order valence-corrected chi connectivity index (χ3v) is 7.38. The number of anilines is 3. The van der Waals surface area contributed by atoms with Crippen molar-refractivity contribution < 1.29 is 9.59 Å². The zero-order chi connectivity index (χ0) is 25.4. The molecule has 36 heavy (non-hydrogen) atoms. The van der Waals surface area contributed by atoms with E-state index >= 15 is 0 Å². The number of ketones is 1. The summed E-state index contributed by atoms with van der Waals surface area (Å²) in [6.07, 6.45) is 1.40. The van der Waals surface area contributed by atoms with Gasteiger partial charge in [-0.25, -0.2) is 0 Å². The quantitative estimate of drug-likeness (QED) is 0.433. The Labute approximate surface area is 217 Å². The summed E-state index contributed by atoms with van der Waals surface area (Å²) in [6, 6.07) is 23.2. The number of carbonyl (C=O) groups excluding carboxylic acids is 2. The number of fused-ring (bicyclic) bond motifs is 1. The van der Waals surface area contributed by atoms with Crippen molar-refractivity contribution in [2.24, 2.45) is 0 Å². The molecule has 0 saturated heterocycles. The number of benzene rings is 3. The number of hydrogen-bond donors (Lipinski definition) is 1. The molecule has 5 rings (SSSR count). The first kappa shape index (κ1) is 24.1. The molecule has 0 saturated carbocycles. The van der Waals surface area contributed by atoms with Crippen molar-refractivity contribution in [1.82, 2.24) is 0 Å². The van der Waals surface area contributed by atoms with E-state index < -0.39 is 6.04 Å². The number of allylic oxidation sites excluding steroid dienone is 1. The van der Waals surface area contributed by atoms with Crippen molar-refractivity contribution in [1.29, 1.82) is 0 Å². The molecular weight excluding hydrogens is 470 g/mol. The Morgan fingerprint density at radius 2 is 1.64 bits per heavy atom. The van der Waals surface area contributed by atoms with E-state index in [-0.39, 0.29) is 17.6 Å². The SMILES string of the molecule is CCC(=O)N1c2ccccc2NC2=C(C(=O)CC(c3ccc(Cl)cc3)C2)C1c1ccc(N(C)C)cc1. The Balaban J connectivity index is 1.68. The Bertz CT molecular complexity index is 1330. The molecule has 2 atom stereocenters. The van der Waals surface area contributed by atoms with Crippen LogP contribution >= 0.6 is 11.6 Å². The molecule has 5 nitrogen and oxygen atoms in total. The molecular formula is C30H30ClN3O2. The first-order valence-electron chi connectivity index (χ1n) is 12.3. The lowest BCUT2D eigenvalue weighted by Crippen LogP contribution is -2.38. The van der Waals surface area contributed by atoms with Crippen molar-refractivity contribution >= 4 is 40.4 Å². The van der Waals surface area contributed by atoms with Crippen molar-refractivity contribution in [2.45, 2.75) is 38.1 Å². The predicted molar refractivity (Wildman–Crippen MR) is 147 cm³/mol. The van der Waals surface area contributed by atoms with Gasteiger partial charge in [-0.3, -0.25) is 14.5 Å². The van der Waals surface area contributed by atoms with Crippen LogP contribution in [0.5, 0.6) is 0 Å². The molecule has 0 spiro atoms. The third kappa shape index (κ3) is 4.40. The van der Waals surface area contributed by atoms with Gasteiger partial charge in [-0.05, 0) is 59.9 Å². The first-order valence-corrected chi connectivity index (χ1v) is 12.7. The molecule has 1 amide bonds. The normalized spacial score (nSPS) is 19.2. The summed E-state index contributed by atoms with van der Waals surface area (Å²) in [7, 11) is 3.99. The number of halogens is 1. The molecule has 3 aromatic carbocycles. The van der Waals surface area contributed by atoms with Gasteiger partial charge in [-0.2, -0.15) is 0 Å².